The van der Waals surface area contributed by atoms with Crippen molar-refractivity contribution in [3.8, 4) is 5.75 Å². The molecular formula is C17H19ClF3NO4. The molecule has 0 bridgehead atoms. The number of ether oxygens (including phenoxy) is 1. The zero-order valence-electron chi connectivity index (χ0n) is 13.8. The maximum absolute atomic E-state index is 13.0. The van der Waals surface area contributed by atoms with Gasteiger partial charge < -0.3 is 14.7 Å². The maximum atomic E-state index is 13.0. The fourth-order valence-corrected chi connectivity index (χ4v) is 3.46. The third kappa shape index (κ3) is 4.23. The smallest absolute Gasteiger partial charge is 0.394 e. The van der Waals surface area contributed by atoms with Crippen molar-refractivity contribution in [3.05, 3.63) is 29.3 Å². The molecule has 26 heavy (non-hydrogen) atoms. The Labute approximate surface area is 154 Å². The Morgan fingerprint density at radius 2 is 1.88 bits per heavy atom. The lowest BCUT2D eigenvalue weighted by molar-refractivity contribution is -0.188. The Morgan fingerprint density at radius 3 is 2.50 bits per heavy atom. The highest BCUT2D eigenvalue weighted by atomic mass is 35.5. The summed E-state index contributed by atoms with van der Waals surface area (Å²) in [6, 6.07) is 5.51. The van der Waals surface area contributed by atoms with Crippen LogP contribution in [0.25, 0.3) is 0 Å². The van der Waals surface area contributed by atoms with Crippen LogP contribution in [0.4, 0.5) is 13.2 Å². The summed E-state index contributed by atoms with van der Waals surface area (Å²) in [5.41, 5.74) is 2.41. The Kier molecular flexibility index (Phi) is 6.05. The number of aryl methyl sites for hydroxylation is 2. The van der Waals surface area contributed by atoms with Gasteiger partial charge in [-0.25, -0.2) is 0 Å². The molecule has 1 aliphatic heterocycles. The summed E-state index contributed by atoms with van der Waals surface area (Å²) < 4.78 is 44.3. The zero-order valence-corrected chi connectivity index (χ0v) is 14.6. The van der Waals surface area contributed by atoms with Crippen LogP contribution in [0, 0.1) is 11.8 Å². The largest absolute Gasteiger partial charge is 0.484 e. The standard InChI is InChI=1S/C17H18F3NO4.ClH/c18-17(19,20)14-8-21(7-13(14)16(23)24)15(22)9-25-12-5-4-10-2-1-3-11(10)6-12;/h4-6,13-14H,1-3,7-9H2,(H,23,24);1H/t13-,14-;/m1./s1. The number of amides is 1. The van der Waals surface area contributed by atoms with E-state index < -0.39 is 49.6 Å². The number of likely N-dealkylation sites (tertiary alicyclic amines) is 1. The van der Waals surface area contributed by atoms with E-state index in [0.717, 1.165) is 29.7 Å². The van der Waals surface area contributed by atoms with Crippen molar-refractivity contribution in [2.45, 2.75) is 25.4 Å². The molecule has 5 nitrogen and oxygen atoms in total. The first-order chi connectivity index (χ1) is 11.8. The molecule has 1 aliphatic carbocycles. The number of aliphatic carboxylic acids is 1. The summed E-state index contributed by atoms with van der Waals surface area (Å²) in [6.45, 7) is -1.51. The number of alkyl halides is 3. The summed E-state index contributed by atoms with van der Waals surface area (Å²) in [6.07, 6.45) is -1.63. The SMILES string of the molecule is Cl.O=C(O)[C@@H]1CN(C(=O)COc2ccc3c(c2)CCC3)C[C@H]1C(F)(F)F. The number of rotatable bonds is 4. The van der Waals surface area contributed by atoms with E-state index in [4.69, 9.17) is 9.84 Å². The Hall–Kier alpha value is -1.96. The number of hydrogen-bond donors (Lipinski definition) is 1. The van der Waals surface area contributed by atoms with Gasteiger partial charge in [-0.2, -0.15) is 13.2 Å². The van der Waals surface area contributed by atoms with E-state index >= 15 is 0 Å². The normalized spacial score (nSPS) is 21.9. The number of benzene rings is 1. The second-order valence-electron chi connectivity index (χ2n) is 6.46. The summed E-state index contributed by atoms with van der Waals surface area (Å²) in [4.78, 5) is 24.1. The Morgan fingerprint density at radius 1 is 1.19 bits per heavy atom. The highest BCUT2D eigenvalue weighted by Gasteiger charge is 2.53. The van der Waals surface area contributed by atoms with Crippen molar-refractivity contribution < 1.29 is 32.6 Å². The van der Waals surface area contributed by atoms with Gasteiger partial charge in [0, 0.05) is 13.1 Å². The minimum atomic E-state index is -4.65. The summed E-state index contributed by atoms with van der Waals surface area (Å²) in [5.74, 6) is -5.37. The molecule has 0 radical (unpaired) electrons. The third-order valence-electron chi connectivity index (χ3n) is 4.84. The van der Waals surface area contributed by atoms with Crippen molar-refractivity contribution in [1.29, 1.82) is 0 Å². The molecule has 1 aromatic carbocycles. The number of halogens is 4. The minimum Gasteiger partial charge on any atom is -0.484 e. The molecule has 3 rings (SSSR count). The van der Waals surface area contributed by atoms with Crippen molar-refractivity contribution in [2.75, 3.05) is 19.7 Å². The first kappa shape index (κ1) is 20.4. The van der Waals surface area contributed by atoms with Crippen LogP contribution in [0.5, 0.6) is 5.75 Å². The number of carbonyl (C=O) groups excluding carboxylic acids is 1. The minimum absolute atomic E-state index is 0. The van der Waals surface area contributed by atoms with Gasteiger partial charge in [-0.1, -0.05) is 6.07 Å². The highest BCUT2D eigenvalue weighted by Crippen LogP contribution is 2.37. The van der Waals surface area contributed by atoms with Crippen molar-refractivity contribution in [3.63, 3.8) is 0 Å². The molecule has 1 fully saturated rings. The van der Waals surface area contributed by atoms with Gasteiger partial charge in [0.2, 0.25) is 0 Å². The molecule has 9 heteroatoms. The molecule has 1 heterocycles. The molecule has 1 saturated heterocycles. The van der Waals surface area contributed by atoms with Gasteiger partial charge >= 0.3 is 12.1 Å². The second kappa shape index (κ2) is 7.73. The van der Waals surface area contributed by atoms with Crippen LogP contribution in [-0.4, -0.2) is 47.8 Å². The lowest BCUT2D eigenvalue weighted by Gasteiger charge is -2.18. The van der Waals surface area contributed by atoms with Gasteiger partial charge in [0.25, 0.3) is 5.91 Å². The predicted molar refractivity (Wildman–Crippen MR) is 88.5 cm³/mol. The van der Waals surface area contributed by atoms with Gasteiger partial charge in [0.05, 0.1) is 11.8 Å². The molecular weight excluding hydrogens is 375 g/mol. The third-order valence-corrected chi connectivity index (χ3v) is 4.84. The maximum Gasteiger partial charge on any atom is 0.394 e. The van der Waals surface area contributed by atoms with Crippen LogP contribution in [0.1, 0.15) is 17.5 Å². The first-order valence-electron chi connectivity index (χ1n) is 8.07. The lowest BCUT2D eigenvalue weighted by Crippen LogP contribution is -2.35. The number of carbonyl (C=O) groups is 2. The fourth-order valence-electron chi connectivity index (χ4n) is 3.46. The number of hydrogen-bond acceptors (Lipinski definition) is 3. The zero-order chi connectivity index (χ0) is 18.2. The van der Waals surface area contributed by atoms with Gasteiger partial charge in [-0.3, -0.25) is 9.59 Å². The highest BCUT2D eigenvalue weighted by molar-refractivity contribution is 5.85. The molecule has 0 spiro atoms. The van der Waals surface area contributed by atoms with Gasteiger partial charge in [-0.15, -0.1) is 12.4 Å². The lowest BCUT2D eigenvalue weighted by atomic mass is 9.96. The molecule has 144 valence electrons. The Bertz CT molecular complexity index is 695. The van der Waals surface area contributed by atoms with Crippen molar-refractivity contribution in [1.82, 2.24) is 4.90 Å². The van der Waals surface area contributed by atoms with Crippen LogP contribution in [0.2, 0.25) is 0 Å². The number of carboxylic acids is 1. The number of carboxylic acid groups (broad SMARTS) is 1. The summed E-state index contributed by atoms with van der Waals surface area (Å²) >= 11 is 0. The van der Waals surface area contributed by atoms with E-state index in [1.54, 1.807) is 6.07 Å². The van der Waals surface area contributed by atoms with Crippen LogP contribution in [0.15, 0.2) is 18.2 Å². The average Bonchev–Trinajstić information content (AvgIpc) is 3.18. The predicted octanol–water partition coefficient (Wildman–Crippen LogP) is 2.70. The van der Waals surface area contributed by atoms with Gasteiger partial charge in [0.15, 0.2) is 6.61 Å². The monoisotopic (exact) mass is 393 g/mol. The van der Waals surface area contributed by atoms with Crippen LogP contribution >= 0.6 is 12.4 Å². The molecule has 1 amide bonds. The Balaban J connectivity index is 0.00000243. The molecule has 2 aliphatic rings. The quantitative estimate of drug-likeness (QED) is 0.854. The fraction of sp³-hybridized carbons (Fsp3) is 0.529. The molecule has 2 atom stereocenters. The van der Waals surface area contributed by atoms with Gasteiger partial charge in [-0.05, 0) is 42.5 Å². The van der Waals surface area contributed by atoms with E-state index in [2.05, 4.69) is 0 Å². The van der Waals surface area contributed by atoms with Crippen molar-refractivity contribution >= 4 is 24.3 Å². The number of fused-ring (bicyclic) bond motifs is 1. The molecule has 1 aromatic rings. The molecule has 1 N–H and O–H groups in total. The van der Waals surface area contributed by atoms with E-state index in [1.807, 2.05) is 12.1 Å². The van der Waals surface area contributed by atoms with Gasteiger partial charge in [0.1, 0.15) is 5.75 Å². The van der Waals surface area contributed by atoms with Crippen LogP contribution in [0.3, 0.4) is 0 Å². The van der Waals surface area contributed by atoms with E-state index in [1.165, 1.54) is 5.56 Å². The summed E-state index contributed by atoms with van der Waals surface area (Å²) in [7, 11) is 0. The molecule has 0 aromatic heterocycles. The van der Waals surface area contributed by atoms with Crippen LogP contribution in [-0.2, 0) is 22.4 Å². The summed E-state index contributed by atoms with van der Waals surface area (Å²) in [5, 5.41) is 8.97. The first-order valence-corrected chi connectivity index (χ1v) is 8.07. The van der Waals surface area contributed by atoms with E-state index in [0.29, 0.717) is 5.75 Å². The van der Waals surface area contributed by atoms with E-state index in [-0.39, 0.29) is 12.4 Å². The number of nitrogens with zero attached hydrogens (tertiary/aromatic N) is 1. The second-order valence-corrected chi connectivity index (χ2v) is 6.46. The molecule has 0 saturated carbocycles. The van der Waals surface area contributed by atoms with E-state index in [9.17, 15) is 22.8 Å². The topological polar surface area (TPSA) is 66.8 Å². The molecule has 0 unspecified atom stereocenters. The van der Waals surface area contributed by atoms with Crippen molar-refractivity contribution in [2.24, 2.45) is 11.8 Å². The average molecular weight is 394 g/mol. The van der Waals surface area contributed by atoms with Crippen LogP contribution < -0.4 is 4.74 Å².